The number of nitrogen functional groups attached to an aromatic ring is 1. The molecule has 0 radical (unpaired) electrons. The van der Waals surface area contributed by atoms with Gasteiger partial charge in [0.2, 0.25) is 0 Å². The Balaban J connectivity index is 2.01. The van der Waals surface area contributed by atoms with Crippen molar-refractivity contribution in [1.82, 2.24) is 10.2 Å². The lowest BCUT2D eigenvalue weighted by Gasteiger charge is -2.18. The number of H-pyrrole nitrogens is 1. The highest BCUT2D eigenvalue weighted by Gasteiger charge is 2.40. The van der Waals surface area contributed by atoms with Crippen LogP contribution in [0.1, 0.15) is 6.42 Å². The van der Waals surface area contributed by atoms with Gasteiger partial charge in [-0.15, -0.1) is 0 Å². The normalized spacial score (nSPS) is 17.9. The smallest absolute Gasteiger partial charge is 0.266 e. The van der Waals surface area contributed by atoms with Crippen molar-refractivity contribution >= 4 is 11.5 Å². The maximum atomic E-state index is 13.3. The molecule has 1 aromatic carbocycles. The van der Waals surface area contributed by atoms with Crippen LogP contribution in [-0.2, 0) is 0 Å². The molecule has 3 rings (SSSR count). The van der Waals surface area contributed by atoms with Crippen molar-refractivity contribution in [3.8, 4) is 11.3 Å². The van der Waals surface area contributed by atoms with Crippen LogP contribution in [0.3, 0.4) is 0 Å². The minimum Gasteiger partial charge on any atom is -0.382 e. The second-order valence-electron chi connectivity index (χ2n) is 4.73. The average Bonchev–Trinajstić information content (AvgIpc) is 2.93. The van der Waals surface area contributed by atoms with Gasteiger partial charge in [0.15, 0.2) is 0 Å². The van der Waals surface area contributed by atoms with Gasteiger partial charge in [0, 0.05) is 18.5 Å². The summed E-state index contributed by atoms with van der Waals surface area (Å²) in [7, 11) is 0. The van der Waals surface area contributed by atoms with Crippen LogP contribution >= 0.6 is 0 Å². The molecule has 0 unspecified atom stereocenters. The van der Waals surface area contributed by atoms with E-state index in [0.717, 1.165) is 5.56 Å². The number of rotatable bonds is 2. The molecule has 0 aliphatic carbocycles. The summed E-state index contributed by atoms with van der Waals surface area (Å²) in [4.78, 5) is 1.60. The summed E-state index contributed by atoms with van der Waals surface area (Å²) < 4.78 is 26.7. The van der Waals surface area contributed by atoms with E-state index in [-0.39, 0.29) is 19.5 Å². The molecule has 0 atom stereocenters. The van der Waals surface area contributed by atoms with Crippen LogP contribution in [0.5, 0.6) is 0 Å². The zero-order valence-corrected chi connectivity index (χ0v) is 10.2. The fourth-order valence-corrected chi connectivity index (χ4v) is 2.39. The number of nitrogens with zero attached hydrogens (tertiary/aromatic N) is 2. The first kappa shape index (κ1) is 12.0. The summed E-state index contributed by atoms with van der Waals surface area (Å²) in [6.45, 7) is -0.0207. The molecular formula is C13H14F2N4. The third-order valence-electron chi connectivity index (χ3n) is 3.30. The van der Waals surface area contributed by atoms with E-state index in [1.54, 1.807) is 4.90 Å². The SMILES string of the molecule is Nc1[nH]nc(-c2ccccc2)c1N1CCC(F)(F)C1. The molecule has 19 heavy (non-hydrogen) atoms. The molecule has 100 valence electrons. The van der Waals surface area contributed by atoms with Crippen LogP contribution in [0.15, 0.2) is 30.3 Å². The minimum atomic E-state index is -2.66. The Morgan fingerprint density at radius 1 is 1.26 bits per heavy atom. The van der Waals surface area contributed by atoms with Gasteiger partial charge in [0.05, 0.1) is 6.54 Å². The van der Waals surface area contributed by atoms with Crippen molar-refractivity contribution in [2.75, 3.05) is 23.7 Å². The summed E-state index contributed by atoms with van der Waals surface area (Å²) in [5.41, 5.74) is 7.90. The minimum absolute atomic E-state index is 0.147. The fraction of sp³-hybridized carbons (Fsp3) is 0.308. The van der Waals surface area contributed by atoms with Gasteiger partial charge >= 0.3 is 0 Å². The Morgan fingerprint density at radius 3 is 2.63 bits per heavy atom. The number of aromatic nitrogens is 2. The van der Waals surface area contributed by atoms with Crippen LogP contribution in [0, 0.1) is 0 Å². The number of benzene rings is 1. The van der Waals surface area contributed by atoms with E-state index >= 15 is 0 Å². The molecule has 4 nitrogen and oxygen atoms in total. The molecule has 1 aliphatic rings. The van der Waals surface area contributed by atoms with Crippen LogP contribution in [0.2, 0.25) is 0 Å². The van der Waals surface area contributed by atoms with Gasteiger partial charge in [-0.05, 0) is 0 Å². The highest BCUT2D eigenvalue weighted by molar-refractivity contribution is 5.83. The summed E-state index contributed by atoms with van der Waals surface area (Å²) in [6.07, 6.45) is -0.147. The highest BCUT2D eigenvalue weighted by Crippen LogP contribution is 2.38. The summed E-state index contributed by atoms with van der Waals surface area (Å²) in [5.74, 6) is -2.32. The monoisotopic (exact) mass is 264 g/mol. The quantitative estimate of drug-likeness (QED) is 0.876. The van der Waals surface area contributed by atoms with Crippen molar-refractivity contribution in [2.45, 2.75) is 12.3 Å². The first-order valence-corrected chi connectivity index (χ1v) is 6.09. The molecule has 1 aromatic heterocycles. The topological polar surface area (TPSA) is 57.9 Å². The molecular weight excluding hydrogens is 250 g/mol. The molecule has 0 bridgehead atoms. The molecule has 2 heterocycles. The van der Waals surface area contributed by atoms with Crippen molar-refractivity contribution in [3.63, 3.8) is 0 Å². The van der Waals surface area contributed by atoms with E-state index in [4.69, 9.17) is 5.73 Å². The molecule has 0 amide bonds. The maximum absolute atomic E-state index is 13.3. The average molecular weight is 264 g/mol. The van der Waals surface area contributed by atoms with Crippen molar-refractivity contribution in [1.29, 1.82) is 0 Å². The van der Waals surface area contributed by atoms with Gasteiger partial charge < -0.3 is 10.6 Å². The van der Waals surface area contributed by atoms with Gasteiger partial charge in [-0.25, -0.2) is 8.78 Å². The van der Waals surface area contributed by atoms with Gasteiger partial charge in [-0.2, -0.15) is 5.10 Å². The van der Waals surface area contributed by atoms with Gasteiger partial charge in [-0.1, -0.05) is 30.3 Å². The van der Waals surface area contributed by atoms with Crippen LogP contribution < -0.4 is 10.6 Å². The number of halogens is 2. The zero-order chi connectivity index (χ0) is 13.5. The Bertz CT molecular complexity index is 580. The number of aromatic amines is 1. The Kier molecular flexibility index (Phi) is 2.66. The predicted octanol–water partition coefficient (Wildman–Crippen LogP) is 2.50. The molecule has 2 aromatic rings. The van der Waals surface area contributed by atoms with E-state index in [1.165, 1.54) is 0 Å². The molecule has 1 aliphatic heterocycles. The third kappa shape index (κ3) is 2.14. The maximum Gasteiger partial charge on any atom is 0.266 e. The number of nitrogens with one attached hydrogen (secondary N) is 1. The molecule has 1 saturated heterocycles. The van der Waals surface area contributed by atoms with E-state index in [1.807, 2.05) is 30.3 Å². The Labute approximate surface area is 109 Å². The fourth-order valence-electron chi connectivity index (χ4n) is 2.39. The predicted molar refractivity (Wildman–Crippen MR) is 70.2 cm³/mol. The van der Waals surface area contributed by atoms with Crippen molar-refractivity contribution < 1.29 is 8.78 Å². The standard InChI is InChI=1S/C13H14F2N4/c14-13(15)6-7-19(8-13)11-10(17-18-12(11)16)9-4-2-1-3-5-9/h1-5H,6-8H2,(H3,16,17,18). The van der Waals surface area contributed by atoms with Crippen LogP contribution in [0.4, 0.5) is 20.3 Å². The van der Waals surface area contributed by atoms with E-state index in [9.17, 15) is 8.78 Å². The van der Waals surface area contributed by atoms with Crippen molar-refractivity contribution in [2.24, 2.45) is 0 Å². The highest BCUT2D eigenvalue weighted by atomic mass is 19.3. The summed E-state index contributed by atoms with van der Waals surface area (Å²) in [6, 6.07) is 9.41. The molecule has 0 spiro atoms. The first-order valence-electron chi connectivity index (χ1n) is 6.09. The van der Waals surface area contributed by atoms with Crippen LogP contribution in [-0.4, -0.2) is 29.2 Å². The Morgan fingerprint density at radius 2 is 2.00 bits per heavy atom. The second kappa shape index (κ2) is 4.22. The molecule has 3 N–H and O–H groups in total. The lowest BCUT2D eigenvalue weighted by atomic mass is 10.1. The largest absolute Gasteiger partial charge is 0.382 e. The van der Waals surface area contributed by atoms with Gasteiger partial charge in [0.25, 0.3) is 5.92 Å². The first-order chi connectivity index (χ1) is 9.07. The zero-order valence-electron chi connectivity index (χ0n) is 10.2. The number of anilines is 2. The molecule has 6 heteroatoms. The second-order valence-corrected chi connectivity index (χ2v) is 4.73. The van der Waals surface area contributed by atoms with E-state index < -0.39 is 5.92 Å². The molecule has 0 saturated carbocycles. The Hall–Kier alpha value is -2.11. The summed E-state index contributed by atoms with van der Waals surface area (Å²) >= 11 is 0. The van der Waals surface area contributed by atoms with E-state index in [2.05, 4.69) is 10.2 Å². The number of nitrogens with two attached hydrogens (primary N) is 1. The third-order valence-corrected chi connectivity index (χ3v) is 3.30. The van der Waals surface area contributed by atoms with Gasteiger partial charge in [-0.3, -0.25) is 5.10 Å². The van der Waals surface area contributed by atoms with Crippen molar-refractivity contribution in [3.05, 3.63) is 30.3 Å². The lowest BCUT2D eigenvalue weighted by molar-refractivity contribution is 0.0257. The molecule has 1 fully saturated rings. The lowest BCUT2D eigenvalue weighted by Crippen LogP contribution is -2.25. The van der Waals surface area contributed by atoms with Crippen LogP contribution in [0.25, 0.3) is 11.3 Å². The number of hydrogen-bond acceptors (Lipinski definition) is 3. The number of alkyl halides is 2. The van der Waals surface area contributed by atoms with Gasteiger partial charge in [0.1, 0.15) is 17.2 Å². The number of hydrogen-bond donors (Lipinski definition) is 2. The summed E-state index contributed by atoms with van der Waals surface area (Å²) in [5, 5.41) is 6.82. The van der Waals surface area contributed by atoms with E-state index in [0.29, 0.717) is 17.2 Å².